The number of hydrogen-bond donors (Lipinski definition) is 3. The Bertz CT molecular complexity index is 1240. The molecule has 3 aromatic rings. The summed E-state index contributed by atoms with van der Waals surface area (Å²) < 4.78 is 45.2. The molecule has 0 saturated carbocycles. The third-order valence-electron chi connectivity index (χ3n) is 4.70. The standard InChI is InChI=1S/C22H23ClF3N5O3/c1-10(32)12-7-14-18(30-19(12)34-9-15(24)25)31-21(28-14)29-17-13(23)6-5-11(16(17)26)8-27-20(33)22(2,3)4/h5-7,15H,8-9H2,1-4H3,(H,27,33)(H2,28,29,30,31). The van der Waals surface area contributed by atoms with Crippen molar-refractivity contribution in [3.8, 4) is 5.88 Å². The van der Waals surface area contributed by atoms with Gasteiger partial charge in [0.2, 0.25) is 17.7 Å². The lowest BCUT2D eigenvalue weighted by Crippen LogP contribution is -2.34. The highest BCUT2D eigenvalue weighted by Gasteiger charge is 2.22. The smallest absolute Gasteiger partial charge is 0.272 e. The predicted octanol–water partition coefficient (Wildman–Crippen LogP) is 5.00. The molecule has 2 aromatic heterocycles. The van der Waals surface area contributed by atoms with Gasteiger partial charge in [0.1, 0.15) is 0 Å². The summed E-state index contributed by atoms with van der Waals surface area (Å²) in [7, 11) is 0. The minimum Gasteiger partial charge on any atom is -0.471 e. The van der Waals surface area contributed by atoms with Crippen LogP contribution in [0.4, 0.5) is 24.8 Å². The number of hydrogen-bond acceptors (Lipinski definition) is 6. The van der Waals surface area contributed by atoms with Crippen LogP contribution in [0.2, 0.25) is 5.02 Å². The number of rotatable bonds is 8. The molecule has 0 aliphatic carbocycles. The summed E-state index contributed by atoms with van der Waals surface area (Å²) in [6, 6.07) is 4.29. The maximum absolute atomic E-state index is 15.1. The average Bonchev–Trinajstić information content (AvgIpc) is 3.14. The molecule has 0 atom stereocenters. The number of amides is 1. The molecule has 2 heterocycles. The summed E-state index contributed by atoms with van der Waals surface area (Å²) in [6.45, 7) is 5.47. The van der Waals surface area contributed by atoms with E-state index >= 15 is 4.39 Å². The van der Waals surface area contributed by atoms with Crippen molar-refractivity contribution in [3.05, 3.63) is 40.2 Å². The fourth-order valence-electron chi connectivity index (χ4n) is 2.90. The van der Waals surface area contributed by atoms with E-state index in [0.717, 1.165) is 0 Å². The number of carbonyl (C=O) groups excluding carboxylic acids is 2. The number of anilines is 2. The largest absolute Gasteiger partial charge is 0.471 e. The minimum atomic E-state index is -2.75. The number of ether oxygens (including phenoxy) is 1. The molecule has 0 unspecified atom stereocenters. The van der Waals surface area contributed by atoms with E-state index in [-0.39, 0.29) is 51.8 Å². The van der Waals surface area contributed by atoms with Crippen LogP contribution >= 0.6 is 11.6 Å². The van der Waals surface area contributed by atoms with Crippen LogP contribution in [0.3, 0.4) is 0 Å². The Morgan fingerprint density at radius 1 is 1.24 bits per heavy atom. The van der Waals surface area contributed by atoms with Gasteiger partial charge in [0.15, 0.2) is 23.9 Å². The van der Waals surface area contributed by atoms with Crippen molar-refractivity contribution in [2.45, 2.75) is 40.7 Å². The molecule has 0 saturated heterocycles. The SMILES string of the molecule is CC(=O)c1cc2[nH]c(Nc3c(Cl)ccc(CNC(=O)C(C)(C)C)c3F)nc2nc1OCC(F)F. The molecule has 0 radical (unpaired) electrons. The van der Waals surface area contributed by atoms with Crippen LogP contribution in [0.5, 0.6) is 5.88 Å². The van der Waals surface area contributed by atoms with E-state index < -0.39 is 30.0 Å². The van der Waals surface area contributed by atoms with Gasteiger partial charge < -0.3 is 20.4 Å². The summed E-state index contributed by atoms with van der Waals surface area (Å²) in [5, 5.41) is 5.46. The monoisotopic (exact) mass is 497 g/mol. The third-order valence-corrected chi connectivity index (χ3v) is 5.01. The number of fused-ring (bicyclic) bond motifs is 1. The second kappa shape index (κ2) is 9.88. The lowest BCUT2D eigenvalue weighted by molar-refractivity contribution is -0.128. The van der Waals surface area contributed by atoms with E-state index in [1.807, 2.05) is 0 Å². The summed E-state index contributed by atoms with van der Waals surface area (Å²) in [5.74, 6) is -1.62. The quantitative estimate of drug-likeness (QED) is 0.378. The van der Waals surface area contributed by atoms with Crippen LogP contribution in [0.1, 0.15) is 43.6 Å². The van der Waals surface area contributed by atoms with Gasteiger partial charge in [-0.25, -0.2) is 13.2 Å². The number of H-pyrrole nitrogens is 1. The fraction of sp³-hybridized carbons (Fsp3) is 0.364. The highest BCUT2D eigenvalue weighted by Crippen LogP contribution is 2.31. The highest BCUT2D eigenvalue weighted by atomic mass is 35.5. The van der Waals surface area contributed by atoms with Crippen molar-refractivity contribution in [2.24, 2.45) is 5.41 Å². The number of halogens is 4. The number of nitrogens with zero attached hydrogens (tertiary/aromatic N) is 2. The summed E-state index contributed by atoms with van der Waals surface area (Å²) in [6.07, 6.45) is -2.75. The summed E-state index contributed by atoms with van der Waals surface area (Å²) in [4.78, 5) is 35.0. The number of carbonyl (C=O) groups is 2. The minimum absolute atomic E-state index is 0.0100. The summed E-state index contributed by atoms with van der Waals surface area (Å²) in [5.41, 5.74) is -0.195. The van der Waals surface area contributed by atoms with Crippen LogP contribution in [0.25, 0.3) is 11.2 Å². The zero-order valence-electron chi connectivity index (χ0n) is 18.9. The van der Waals surface area contributed by atoms with Gasteiger partial charge in [-0.3, -0.25) is 9.59 Å². The molecule has 3 rings (SSSR count). The number of aromatic amines is 1. The van der Waals surface area contributed by atoms with Crippen LogP contribution in [0, 0.1) is 11.2 Å². The number of Topliss-reactive ketones (excluding diaryl/α,β-unsaturated/α-hetero) is 1. The number of pyridine rings is 1. The lowest BCUT2D eigenvalue weighted by atomic mass is 9.95. The third kappa shape index (κ3) is 5.77. The number of alkyl halides is 2. The molecule has 0 bridgehead atoms. The maximum atomic E-state index is 15.1. The van der Waals surface area contributed by atoms with Crippen LogP contribution < -0.4 is 15.4 Å². The number of nitrogens with one attached hydrogen (secondary N) is 3. The van der Waals surface area contributed by atoms with Gasteiger partial charge in [0, 0.05) is 17.5 Å². The Kier molecular flexibility index (Phi) is 7.35. The Hall–Kier alpha value is -3.34. The normalized spacial score (nSPS) is 11.7. The van der Waals surface area contributed by atoms with Gasteiger partial charge in [-0.15, -0.1) is 0 Å². The lowest BCUT2D eigenvalue weighted by Gasteiger charge is -2.18. The van der Waals surface area contributed by atoms with Crippen molar-refractivity contribution in [2.75, 3.05) is 11.9 Å². The van der Waals surface area contributed by atoms with Gasteiger partial charge in [0.25, 0.3) is 6.43 Å². The van der Waals surface area contributed by atoms with Crippen LogP contribution in [-0.2, 0) is 11.3 Å². The zero-order chi connectivity index (χ0) is 25.2. The van der Waals surface area contributed by atoms with Gasteiger partial charge in [-0.2, -0.15) is 9.97 Å². The number of imidazole rings is 1. The van der Waals surface area contributed by atoms with E-state index in [4.69, 9.17) is 16.3 Å². The second-order valence-corrected chi connectivity index (χ2v) is 8.92. The molecule has 0 aliphatic heterocycles. The fourth-order valence-corrected chi connectivity index (χ4v) is 3.09. The van der Waals surface area contributed by atoms with Gasteiger partial charge in [0.05, 0.1) is 21.8 Å². The molecule has 8 nitrogen and oxygen atoms in total. The first-order valence-corrected chi connectivity index (χ1v) is 10.6. The Balaban J connectivity index is 1.90. The number of ketones is 1. The van der Waals surface area contributed by atoms with E-state index in [0.29, 0.717) is 5.52 Å². The molecule has 0 spiro atoms. The second-order valence-electron chi connectivity index (χ2n) is 8.51. The first-order chi connectivity index (χ1) is 15.9. The van der Waals surface area contributed by atoms with Crippen LogP contribution in [0.15, 0.2) is 18.2 Å². The van der Waals surface area contributed by atoms with Gasteiger partial charge >= 0.3 is 0 Å². The number of aromatic nitrogens is 3. The van der Waals surface area contributed by atoms with E-state index in [2.05, 4.69) is 25.6 Å². The summed E-state index contributed by atoms with van der Waals surface area (Å²) >= 11 is 6.17. The molecule has 0 aliphatic rings. The average molecular weight is 498 g/mol. The van der Waals surface area contributed by atoms with Crippen molar-refractivity contribution in [1.29, 1.82) is 0 Å². The molecule has 0 fully saturated rings. The Morgan fingerprint density at radius 2 is 1.94 bits per heavy atom. The first-order valence-electron chi connectivity index (χ1n) is 10.2. The molecule has 12 heteroatoms. The number of benzene rings is 1. The first kappa shape index (κ1) is 25.3. The Morgan fingerprint density at radius 3 is 2.56 bits per heavy atom. The molecular formula is C22H23ClF3N5O3. The van der Waals surface area contributed by atoms with Gasteiger partial charge in [-0.1, -0.05) is 38.4 Å². The van der Waals surface area contributed by atoms with E-state index in [9.17, 15) is 18.4 Å². The topological polar surface area (TPSA) is 109 Å². The highest BCUT2D eigenvalue weighted by molar-refractivity contribution is 6.33. The van der Waals surface area contributed by atoms with E-state index in [1.165, 1.54) is 25.1 Å². The molecule has 1 aromatic carbocycles. The van der Waals surface area contributed by atoms with Crippen molar-refractivity contribution in [3.63, 3.8) is 0 Å². The zero-order valence-corrected chi connectivity index (χ0v) is 19.6. The molecule has 3 N–H and O–H groups in total. The molecule has 34 heavy (non-hydrogen) atoms. The molecule has 1 amide bonds. The maximum Gasteiger partial charge on any atom is 0.272 e. The molecule has 182 valence electrons. The van der Waals surface area contributed by atoms with Crippen LogP contribution in [-0.4, -0.2) is 39.7 Å². The Labute approximate surface area is 198 Å². The van der Waals surface area contributed by atoms with E-state index in [1.54, 1.807) is 20.8 Å². The predicted molar refractivity (Wildman–Crippen MR) is 121 cm³/mol. The van der Waals surface area contributed by atoms with Crippen molar-refractivity contribution in [1.82, 2.24) is 20.3 Å². The van der Waals surface area contributed by atoms with Crippen molar-refractivity contribution < 1.29 is 27.5 Å². The van der Waals surface area contributed by atoms with Gasteiger partial charge in [-0.05, 0) is 19.1 Å². The van der Waals surface area contributed by atoms with Crippen molar-refractivity contribution >= 4 is 46.1 Å². The molecular weight excluding hydrogens is 475 g/mol.